The molecule has 130 valence electrons. The highest BCUT2D eigenvalue weighted by Crippen LogP contribution is 2.31. The zero-order chi connectivity index (χ0) is 17.5. The monoisotopic (exact) mass is 331 g/mol. The molecule has 0 N–H and O–H groups in total. The fourth-order valence-electron chi connectivity index (χ4n) is 3.06. The largest absolute Gasteiger partial charge is 0.340 e. The molecule has 2 aromatic rings. The minimum absolute atomic E-state index is 0.00449. The van der Waals surface area contributed by atoms with Crippen LogP contribution in [0.3, 0.4) is 0 Å². The number of hydrogen-bond acceptors (Lipinski definition) is 5. The second-order valence-corrected chi connectivity index (χ2v) is 7.43. The quantitative estimate of drug-likeness (QED) is 0.845. The summed E-state index contributed by atoms with van der Waals surface area (Å²) in [7, 11) is 0. The Morgan fingerprint density at radius 2 is 2.04 bits per heavy atom. The van der Waals surface area contributed by atoms with E-state index in [0.717, 1.165) is 25.0 Å². The molecule has 0 bridgehead atoms. The normalized spacial score (nSPS) is 18.9. The van der Waals surface area contributed by atoms with Crippen molar-refractivity contribution in [1.82, 2.24) is 24.8 Å². The Morgan fingerprint density at radius 1 is 1.29 bits per heavy atom. The number of carbonyl (C=O) groups excluding carboxylic acids is 1. The Kier molecular flexibility index (Phi) is 4.19. The van der Waals surface area contributed by atoms with Crippen LogP contribution in [0, 0.1) is 13.8 Å². The van der Waals surface area contributed by atoms with Crippen molar-refractivity contribution in [3.63, 3.8) is 0 Å². The van der Waals surface area contributed by atoms with Gasteiger partial charge in [0.25, 0.3) is 5.91 Å². The van der Waals surface area contributed by atoms with Crippen molar-refractivity contribution in [2.24, 2.45) is 0 Å². The van der Waals surface area contributed by atoms with Gasteiger partial charge in [-0.1, -0.05) is 5.16 Å². The molecular weight excluding hydrogens is 306 g/mol. The maximum absolute atomic E-state index is 13.1. The first kappa shape index (κ1) is 16.7. The summed E-state index contributed by atoms with van der Waals surface area (Å²) in [5.74, 6) is 1.12. The van der Waals surface area contributed by atoms with E-state index >= 15 is 0 Å². The van der Waals surface area contributed by atoms with Gasteiger partial charge >= 0.3 is 0 Å². The van der Waals surface area contributed by atoms with E-state index in [9.17, 15) is 4.79 Å². The minimum Gasteiger partial charge on any atom is -0.340 e. The van der Waals surface area contributed by atoms with Crippen LogP contribution in [-0.4, -0.2) is 37.3 Å². The van der Waals surface area contributed by atoms with E-state index in [0.29, 0.717) is 23.8 Å². The van der Waals surface area contributed by atoms with Gasteiger partial charge < -0.3 is 9.42 Å². The van der Waals surface area contributed by atoms with Crippen molar-refractivity contribution in [3.8, 4) is 0 Å². The minimum atomic E-state index is -0.157. The molecule has 0 radical (unpaired) electrons. The molecule has 1 atom stereocenters. The number of likely N-dealkylation sites (tertiary alicyclic amines) is 1. The first-order chi connectivity index (χ1) is 11.3. The highest BCUT2D eigenvalue weighted by atomic mass is 16.5. The summed E-state index contributed by atoms with van der Waals surface area (Å²) in [6.07, 6.45) is 4.76. The fourth-order valence-corrected chi connectivity index (χ4v) is 3.06. The van der Waals surface area contributed by atoms with Crippen LogP contribution in [0.15, 0.2) is 10.7 Å². The van der Waals surface area contributed by atoms with E-state index in [1.54, 1.807) is 6.92 Å². The van der Waals surface area contributed by atoms with Crippen LogP contribution in [0.2, 0.25) is 0 Å². The third kappa shape index (κ3) is 3.07. The van der Waals surface area contributed by atoms with Crippen LogP contribution in [0.25, 0.3) is 0 Å². The summed E-state index contributed by atoms with van der Waals surface area (Å²) < 4.78 is 6.96. The van der Waals surface area contributed by atoms with Gasteiger partial charge in [-0.05, 0) is 47.0 Å². The number of hydrogen-bond donors (Lipinski definition) is 0. The van der Waals surface area contributed by atoms with E-state index in [1.165, 1.54) is 0 Å². The standard InChI is InChI=1S/C17H25N5O2/c1-11-13(10-22(19-11)17(3,4)5)16(23)21-9-7-6-8-14(21)15-18-12(2)24-20-15/h10,14H,6-9H2,1-5H3. The fraction of sp³-hybridized carbons (Fsp3) is 0.647. The van der Waals surface area contributed by atoms with Gasteiger partial charge in [0.1, 0.15) is 0 Å². The summed E-state index contributed by atoms with van der Waals surface area (Å²) in [5.41, 5.74) is 1.25. The first-order valence-electron chi connectivity index (χ1n) is 8.45. The molecule has 0 saturated carbocycles. The van der Waals surface area contributed by atoms with Gasteiger partial charge in [0.2, 0.25) is 5.89 Å². The highest BCUT2D eigenvalue weighted by molar-refractivity contribution is 5.95. The summed E-state index contributed by atoms with van der Waals surface area (Å²) >= 11 is 0. The third-order valence-corrected chi connectivity index (χ3v) is 4.42. The maximum Gasteiger partial charge on any atom is 0.257 e. The summed E-state index contributed by atoms with van der Waals surface area (Å²) in [6.45, 7) is 10.6. The van der Waals surface area contributed by atoms with E-state index in [1.807, 2.05) is 22.7 Å². The second-order valence-electron chi connectivity index (χ2n) is 7.43. The van der Waals surface area contributed by atoms with Crippen molar-refractivity contribution in [1.29, 1.82) is 0 Å². The molecule has 3 rings (SSSR count). The SMILES string of the molecule is Cc1nc(C2CCCCN2C(=O)c2cn(C(C)(C)C)nc2C)no1. The predicted molar refractivity (Wildman–Crippen MR) is 88.6 cm³/mol. The van der Waals surface area contributed by atoms with Crippen LogP contribution in [0.1, 0.15) is 73.8 Å². The summed E-state index contributed by atoms with van der Waals surface area (Å²) in [6, 6.07) is -0.124. The lowest BCUT2D eigenvalue weighted by Gasteiger charge is -2.33. The predicted octanol–water partition coefficient (Wildman–Crippen LogP) is 3.01. The second kappa shape index (κ2) is 6.03. The smallest absolute Gasteiger partial charge is 0.257 e. The van der Waals surface area contributed by atoms with E-state index in [-0.39, 0.29) is 17.5 Å². The van der Waals surface area contributed by atoms with Crippen molar-refractivity contribution in [2.75, 3.05) is 6.54 Å². The van der Waals surface area contributed by atoms with Gasteiger partial charge in [0.05, 0.1) is 22.8 Å². The van der Waals surface area contributed by atoms with Crippen LogP contribution in [0.5, 0.6) is 0 Å². The van der Waals surface area contributed by atoms with Gasteiger partial charge in [0.15, 0.2) is 5.82 Å². The molecule has 24 heavy (non-hydrogen) atoms. The molecule has 1 aliphatic heterocycles. The van der Waals surface area contributed by atoms with Crippen molar-refractivity contribution < 1.29 is 9.32 Å². The zero-order valence-corrected chi connectivity index (χ0v) is 15.0. The molecule has 2 aromatic heterocycles. The zero-order valence-electron chi connectivity index (χ0n) is 15.0. The van der Waals surface area contributed by atoms with Gasteiger partial charge in [-0.15, -0.1) is 0 Å². The molecular formula is C17H25N5O2. The van der Waals surface area contributed by atoms with E-state index in [2.05, 4.69) is 36.0 Å². The number of nitrogens with zero attached hydrogens (tertiary/aromatic N) is 5. The van der Waals surface area contributed by atoms with Crippen LogP contribution in [0.4, 0.5) is 0 Å². The van der Waals surface area contributed by atoms with Crippen LogP contribution < -0.4 is 0 Å². The van der Waals surface area contributed by atoms with Crippen molar-refractivity contribution in [3.05, 3.63) is 29.2 Å². The Bertz CT molecular complexity index is 740. The number of aromatic nitrogens is 4. The summed E-state index contributed by atoms with van der Waals surface area (Å²) in [5, 5.41) is 8.55. The molecule has 1 aliphatic rings. The molecule has 0 aliphatic carbocycles. The van der Waals surface area contributed by atoms with Crippen LogP contribution in [-0.2, 0) is 5.54 Å². The first-order valence-corrected chi connectivity index (χ1v) is 8.45. The molecule has 1 saturated heterocycles. The van der Waals surface area contributed by atoms with Gasteiger partial charge in [0, 0.05) is 19.7 Å². The van der Waals surface area contributed by atoms with Gasteiger partial charge in [-0.25, -0.2) is 0 Å². The average Bonchev–Trinajstić information content (AvgIpc) is 3.12. The number of aryl methyl sites for hydroxylation is 2. The maximum atomic E-state index is 13.1. The summed E-state index contributed by atoms with van der Waals surface area (Å²) in [4.78, 5) is 19.3. The Hall–Kier alpha value is -2.18. The topological polar surface area (TPSA) is 77.1 Å². The Balaban J connectivity index is 1.91. The molecule has 7 nitrogen and oxygen atoms in total. The van der Waals surface area contributed by atoms with Crippen molar-refractivity contribution >= 4 is 5.91 Å². The lowest BCUT2D eigenvalue weighted by molar-refractivity contribution is 0.0596. The lowest BCUT2D eigenvalue weighted by atomic mass is 10.0. The number of rotatable bonds is 2. The van der Waals surface area contributed by atoms with Crippen LogP contribution >= 0.6 is 0 Å². The van der Waals surface area contributed by atoms with Gasteiger partial charge in [-0.3, -0.25) is 9.48 Å². The number of amides is 1. The number of piperidine rings is 1. The molecule has 7 heteroatoms. The molecule has 0 spiro atoms. The molecule has 0 aromatic carbocycles. The molecule has 1 fully saturated rings. The van der Waals surface area contributed by atoms with Crippen molar-refractivity contribution in [2.45, 2.75) is 65.5 Å². The highest BCUT2D eigenvalue weighted by Gasteiger charge is 2.33. The lowest BCUT2D eigenvalue weighted by Crippen LogP contribution is -2.39. The van der Waals surface area contributed by atoms with Gasteiger partial charge in [-0.2, -0.15) is 10.1 Å². The third-order valence-electron chi connectivity index (χ3n) is 4.42. The molecule has 1 unspecified atom stereocenters. The Morgan fingerprint density at radius 3 is 2.62 bits per heavy atom. The molecule has 3 heterocycles. The average molecular weight is 331 g/mol. The Labute approximate surface area is 142 Å². The molecule has 1 amide bonds. The van der Waals surface area contributed by atoms with E-state index < -0.39 is 0 Å². The number of carbonyl (C=O) groups is 1. The van der Waals surface area contributed by atoms with E-state index in [4.69, 9.17) is 4.52 Å².